The Hall–Kier alpha value is -1.64. The smallest absolute Gasteiger partial charge is 0.232 e. The Morgan fingerprint density at radius 2 is 1.88 bits per heavy atom. The summed E-state index contributed by atoms with van der Waals surface area (Å²) in [6, 6.07) is 10.7. The van der Waals surface area contributed by atoms with Gasteiger partial charge in [0.25, 0.3) is 0 Å². The molecule has 0 amide bonds. The van der Waals surface area contributed by atoms with Gasteiger partial charge in [0.2, 0.25) is 5.89 Å². The predicted molar refractivity (Wildman–Crippen MR) is 114 cm³/mol. The Kier molecular flexibility index (Phi) is 6.65. The van der Waals surface area contributed by atoms with Crippen LogP contribution in [-0.2, 0) is 17.4 Å². The van der Waals surface area contributed by atoms with E-state index in [1.54, 1.807) is 7.05 Å². The van der Waals surface area contributed by atoms with Crippen molar-refractivity contribution < 1.29 is 4.52 Å². The second kappa shape index (κ2) is 8.37. The van der Waals surface area contributed by atoms with Crippen LogP contribution in [0, 0.1) is 0 Å². The zero-order valence-electron chi connectivity index (χ0n) is 15.9. The highest BCUT2D eigenvalue weighted by atomic mass is 127. The highest BCUT2D eigenvalue weighted by Gasteiger charge is 2.44. The fraction of sp³-hybridized carbons (Fsp3) is 0.526. The van der Waals surface area contributed by atoms with Crippen molar-refractivity contribution in [1.82, 2.24) is 20.8 Å². The molecule has 142 valence electrons. The lowest BCUT2D eigenvalue weighted by molar-refractivity contribution is 0.318. The lowest BCUT2D eigenvalue weighted by atomic mass is 9.96. The number of hydrogen-bond acceptors (Lipinski definition) is 4. The van der Waals surface area contributed by atoms with E-state index in [1.807, 2.05) is 0 Å². The molecule has 0 radical (unpaired) electrons. The number of aliphatic imine (C=N–C) groups is 1. The summed E-state index contributed by atoms with van der Waals surface area (Å²) in [5.41, 5.74) is 1.50. The summed E-state index contributed by atoms with van der Waals surface area (Å²) in [6.07, 6.45) is 2.42. The Morgan fingerprint density at radius 1 is 1.19 bits per heavy atom. The molecule has 1 aromatic carbocycles. The molecule has 1 fully saturated rings. The molecule has 2 N–H and O–H groups in total. The highest BCUT2D eigenvalue weighted by molar-refractivity contribution is 14.0. The van der Waals surface area contributed by atoms with E-state index in [2.05, 4.69) is 76.9 Å². The summed E-state index contributed by atoms with van der Waals surface area (Å²) in [6.45, 7) is 7.51. The maximum absolute atomic E-state index is 5.32. The molecular formula is C19H28IN5O. The molecule has 3 rings (SSSR count). The lowest BCUT2D eigenvalue weighted by Crippen LogP contribution is -2.41. The van der Waals surface area contributed by atoms with Crippen LogP contribution in [0.4, 0.5) is 0 Å². The van der Waals surface area contributed by atoms with Gasteiger partial charge in [-0.1, -0.05) is 56.3 Å². The van der Waals surface area contributed by atoms with E-state index in [1.165, 1.54) is 18.4 Å². The Morgan fingerprint density at radius 3 is 2.42 bits per heavy atom. The number of hydrogen-bond donors (Lipinski definition) is 2. The van der Waals surface area contributed by atoms with Crippen LogP contribution in [0.3, 0.4) is 0 Å². The monoisotopic (exact) mass is 469 g/mol. The SMILES string of the molecule is CN=C(NCc1noc(C(C)(C)C)n1)NCC1(c2ccccc2)CC1.I. The van der Waals surface area contributed by atoms with Crippen molar-refractivity contribution in [2.24, 2.45) is 4.99 Å². The van der Waals surface area contributed by atoms with Crippen molar-refractivity contribution in [2.75, 3.05) is 13.6 Å². The molecule has 1 aromatic heterocycles. The van der Waals surface area contributed by atoms with Gasteiger partial charge in [-0.25, -0.2) is 0 Å². The number of guanidine groups is 1. The fourth-order valence-corrected chi connectivity index (χ4v) is 2.78. The van der Waals surface area contributed by atoms with Gasteiger partial charge in [-0.2, -0.15) is 4.98 Å². The maximum Gasteiger partial charge on any atom is 0.232 e. The summed E-state index contributed by atoms with van der Waals surface area (Å²) < 4.78 is 5.32. The number of halogens is 1. The molecule has 1 aliphatic rings. The summed E-state index contributed by atoms with van der Waals surface area (Å²) >= 11 is 0. The van der Waals surface area contributed by atoms with Crippen LogP contribution in [0.1, 0.15) is 50.9 Å². The third-order valence-corrected chi connectivity index (χ3v) is 4.58. The molecule has 1 saturated carbocycles. The molecule has 0 spiro atoms. The van der Waals surface area contributed by atoms with Gasteiger partial charge in [-0.05, 0) is 18.4 Å². The third-order valence-electron chi connectivity index (χ3n) is 4.58. The predicted octanol–water partition coefficient (Wildman–Crippen LogP) is 3.38. The number of nitrogens with one attached hydrogen (secondary N) is 2. The molecule has 26 heavy (non-hydrogen) atoms. The first-order valence-electron chi connectivity index (χ1n) is 8.76. The van der Waals surface area contributed by atoms with E-state index in [0.29, 0.717) is 18.3 Å². The van der Waals surface area contributed by atoms with Crippen LogP contribution >= 0.6 is 24.0 Å². The standard InChI is InChI=1S/C19H27N5O.HI/c1-18(2,3)16-23-15(24-25-16)12-21-17(20-4)22-13-19(10-11-19)14-8-6-5-7-9-14;/h5-9H,10-13H2,1-4H3,(H2,20,21,22);1H. The van der Waals surface area contributed by atoms with E-state index in [4.69, 9.17) is 4.52 Å². The van der Waals surface area contributed by atoms with Gasteiger partial charge in [-0.15, -0.1) is 24.0 Å². The van der Waals surface area contributed by atoms with Crippen molar-refractivity contribution in [3.63, 3.8) is 0 Å². The molecule has 0 aliphatic heterocycles. The molecule has 0 atom stereocenters. The van der Waals surface area contributed by atoms with Crippen LogP contribution in [-0.4, -0.2) is 29.7 Å². The average Bonchev–Trinajstić information content (AvgIpc) is 3.23. The molecule has 1 aliphatic carbocycles. The van der Waals surface area contributed by atoms with Gasteiger partial charge in [0.1, 0.15) is 0 Å². The first kappa shape index (κ1) is 20.7. The van der Waals surface area contributed by atoms with Crippen molar-refractivity contribution in [3.8, 4) is 0 Å². The van der Waals surface area contributed by atoms with E-state index >= 15 is 0 Å². The van der Waals surface area contributed by atoms with E-state index < -0.39 is 0 Å². The minimum Gasteiger partial charge on any atom is -0.356 e. The van der Waals surface area contributed by atoms with Gasteiger partial charge >= 0.3 is 0 Å². The van der Waals surface area contributed by atoms with Gasteiger partial charge in [-0.3, -0.25) is 4.99 Å². The molecule has 1 heterocycles. The molecule has 0 unspecified atom stereocenters. The molecule has 7 heteroatoms. The van der Waals surface area contributed by atoms with Crippen LogP contribution in [0.2, 0.25) is 0 Å². The van der Waals surface area contributed by atoms with E-state index in [9.17, 15) is 0 Å². The summed E-state index contributed by atoms with van der Waals surface area (Å²) in [4.78, 5) is 8.72. The zero-order valence-corrected chi connectivity index (χ0v) is 18.2. The van der Waals surface area contributed by atoms with Crippen molar-refractivity contribution in [3.05, 3.63) is 47.6 Å². The topological polar surface area (TPSA) is 75.3 Å². The zero-order chi connectivity index (χ0) is 17.9. The minimum atomic E-state index is -0.140. The van der Waals surface area contributed by atoms with Crippen molar-refractivity contribution in [2.45, 2.75) is 51.0 Å². The van der Waals surface area contributed by atoms with Gasteiger partial charge in [0.05, 0.1) is 6.54 Å². The number of nitrogens with zero attached hydrogens (tertiary/aromatic N) is 3. The summed E-state index contributed by atoms with van der Waals surface area (Å²) in [5, 5.41) is 10.7. The average molecular weight is 469 g/mol. The minimum absolute atomic E-state index is 0. The number of aromatic nitrogens is 2. The molecular weight excluding hydrogens is 441 g/mol. The second-order valence-corrected chi connectivity index (χ2v) is 7.69. The third kappa shape index (κ3) is 4.96. The van der Waals surface area contributed by atoms with Crippen molar-refractivity contribution in [1.29, 1.82) is 0 Å². The Labute approximate surface area is 172 Å². The van der Waals surface area contributed by atoms with Crippen molar-refractivity contribution >= 4 is 29.9 Å². The fourth-order valence-electron chi connectivity index (χ4n) is 2.78. The van der Waals surface area contributed by atoms with Crippen LogP contribution < -0.4 is 10.6 Å². The van der Waals surface area contributed by atoms with E-state index in [0.717, 1.165) is 12.5 Å². The lowest BCUT2D eigenvalue weighted by Gasteiger charge is -2.18. The first-order valence-corrected chi connectivity index (χ1v) is 8.76. The Bertz CT molecular complexity index is 732. The summed E-state index contributed by atoms with van der Waals surface area (Å²) in [7, 11) is 1.77. The molecule has 0 bridgehead atoms. The summed E-state index contributed by atoms with van der Waals surface area (Å²) in [5.74, 6) is 2.04. The van der Waals surface area contributed by atoms with Crippen LogP contribution in [0.5, 0.6) is 0 Å². The van der Waals surface area contributed by atoms with Gasteiger partial charge in [0.15, 0.2) is 11.8 Å². The molecule has 6 nitrogen and oxygen atoms in total. The highest BCUT2D eigenvalue weighted by Crippen LogP contribution is 2.47. The van der Waals surface area contributed by atoms with Crippen LogP contribution in [0.15, 0.2) is 39.8 Å². The maximum atomic E-state index is 5.32. The Balaban J connectivity index is 0.00000243. The quantitative estimate of drug-likeness (QED) is 0.399. The molecule has 0 saturated heterocycles. The van der Waals surface area contributed by atoms with Gasteiger partial charge in [0, 0.05) is 24.4 Å². The van der Waals surface area contributed by atoms with E-state index in [-0.39, 0.29) is 34.8 Å². The number of benzene rings is 1. The molecule has 2 aromatic rings. The second-order valence-electron chi connectivity index (χ2n) is 7.69. The normalized spacial score (nSPS) is 15.9. The van der Waals surface area contributed by atoms with Crippen LogP contribution in [0.25, 0.3) is 0 Å². The first-order chi connectivity index (χ1) is 11.9. The largest absolute Gasteiger partial charge is 0.356 e. The van der Waals surface area contributed by atoms with Gasteiger partial charge < -0.3 is 15.2 Å². The number of rotatable bonds is 5.